The standard InChI is InChI=1S/C9H9F3N2O4S/c1-18-8(15)13-14-19(16,17)7-5-3-2-4-6(7)9(10,11)12/h2-5,14H,1H3,(H,13,15). The Morgan fingerprint density at radius 1 is 1.26 bits per heavy atom. The van der Waals surface area contributed by atoms with E-state index in [1.54, 1.807) is 5.43 Å². The first-order valence-electron chi connectivity index (χ1n) is 4.70. The van der Waals surface area contributed by atoms with Crippen molar-refractivity contribution in [3.63, 3.8) is 0 Å². The molecule has 0 saturated carbocycles. The number of halogens is 3. The highest BCUT2D eigenvalue weighted by Crippen LogP contribution is 2.33. The van der Waals surface area contributed by atoms with Crippen LogP contribution in [0.25, 0.3) is 0 Å². The van der Waals surface area contributed by atoms with Gasteiger partial charge in [0.05, 0.1) is 17.6 Å². The number of hydrogen-bond acceptors (Lipinski definition) is 4. The van der Waals surface area contributed by atoms with E-state index in [0.717, 1.165) is 25.3 Å². The Labute approximate surface area is 106 Å². The van der Waals surface area contributed by atoms with Gasteiger partial charge in [-0.05, 0) is 12.1 Å². The van der Waals surface area contributed by atoms with Crippen molar-refractivity contribution >= 4 is 16.1 Å². The molecule has 0 spiro atoms. The number of methoxy groups -OCH3 is 1. The molecule has 2 N–H and O–H groups in total. The Balaban J connectivity index is 3.12. The van der Waals surface area contributed by atoms with Crippen LogP contribution >= 0.6 is 0 Å². The van der Waals surface area contributed by atoms with Gasteiger partial charge in [0.25, 0.3) is 10.0 Å². The van der Waals surface area contributed by atoms with Crippen LogP contribution in [0.5, 0.6) is 0 Å². The lowest BCUT2D eigenvalue weighted by Gasteiger charge is -2.13. The van der Waals surface area contributed by atoms with Gasteiger partial charge in [-0.1, -0.05) is 12.1 Å². The lowest BCUT2D eigenvalue weighted by Crippen LogP contribution is -2.42. The molecule has 0 fully saturated rings. The van der Waals surface area contributed by atoms with E-state index in [-0.39, 0.29) is 0 Å². The van der Waals surface area contributed by atoms with Crippen molar-refractivity contribution < 1.29 is 31.1 Å². The summed E-state index contributed by atoms with van der Waals surface area (Å²) in [6.45, 7) is 0. The molecule has 6 nitrogen and oxygen atoms in total. The van der Waals surface area contributed by atoms with Crippen LogP contribution in [-0.4, -0.2) is 21.6 Å². The van der Waals surface area contributed by atoms with Gasteiger partial charge < -0.3 is 4.74 Å². The highest BCUT2D eigenvalue weighted by Gasteiger charge is 2.36. The minimum atomic E-state index is -4.84. The molecule has 0 atom stereocenters. The number of alkyl halides is 3. The number of benzene rings is 1. The van der Waals surface area contributed by atoms with Crippen molar-refractivity contribution in [3.8, 4) is 0 Å². The third kappa shape index (κ3) is 3.83. The zero-order chi connectivity index (χ0) is 14.7. The summed E-state index contributed by atoms with van der Waals surface area (Å²) in [5.74, 6) is 0. The molecular weight excluding hydrogens is 289 g/mol. The fourth-order valence-corrected chi connectivity index (χ4v) is 2.21. The van der Waals surface area contributed by atoms with Crippen molar-refractivity contribution in [2.75, 3.05) is 7.11 Å². The molecule has 106 valence electrons. The summed E-state index contributed by atoms with van der Waals surface area (Å²) in [6, 6.07) is 3.56. The van der Waals surface area contributed by atoms with Crippen molar-refractivity contribution in [3.05, 3.63) is 29.8 Å². The predicted molar refractivity (Wildman–Crippen MR) is 57.3 cm³/mol. The van der Waals surface area contributed by atoms with Crippen molar-refractivity contribution in [1.82, 2.24) is 10.3 Å². The molecule has 0 heterocycles. The third-order valence-corrected chi connectivity index (χ3v) is 3.26. The fraction of sp³-hybridized carbons (Fsp3) is 0.222. The van der Waals surface area contributed by atoms with Gasteiger partial charge >= 0.3 is 12.3 Å². The monoisotopic (exact) mass is 298 g/mol. The molecule has 0 aliphatic heterocycles. The van der Waals surface area contributed by atoms with Gasteiger partial charge in [0.1, 0.15) is 0 Å². The molecule has 0 unspecified atom stereocenters. The summed E-state index contributed by atoms with van der Waals surface area (Å²) in [5, 5.41) is 0. The van der Waals surface area contributed by atoms with Gasteiger partial charge in [-0.15, -0.1) is 4.83 Å². The Bertz CT molecular complexity index is 571. The number of carbonyl (C=O) groups is 1. The minimum Gasteiger partial charge on any atom is -0.452 e. The maximum atomic E-state index is 12.6. The van der Waals surface area contributed by atoms with Crippen molar-refractivity contribution in [2.24, 2.45) is 0 Å². The summed E-state index contributed by atoms with van der Waals surface area (Å²) in [4.78, 5) is 11.2. The summed E-state index contributed by atoms with van der Waals surface area (Å²) in [7, 11) is -3.60. The molecule has 0 aliphatic carbocycles. The molecule has 1 aromatic rings. The Morgan fingerprint density at radius 2 is 1.84 bits per heavy atom. The summed E-state index contributed by atoms with van der Waals surface area (Å²) in [5.41, 5.74) is 0.245. The van der Waals surface area contributed by atoms with Gasteiger partial charge in [0, 0.05) is 0 Å². The molecule has 10 heteroatoms. The second-order valence-corrected chi connectivity index (χ2v) is 4.87. The van der Waals surface area contributed by atoms with Crippen LogP contribution in [-0.2, 0) is 20.9 Å². The summed E-state index contributed by atoms with van der Waals surface area (Å²) in [6.07, 6.45) is -6.00. The van der Waals surface area contributed by atoms with Crippen LogP contribution < -0.4 is 10.3 Å². The number of amides is 1. The Kier molecular flexibility index (Phi) is 4.37. The third-order valence-electron chi connectivity index (χ3n) is 1.95. The second kappa shape index (κ2) is 5.45. The molecule has 0 aromatic heterocycles. The molecule has 1 rings (SSSR count). The number of sulfonamides is 1. The van der Waals surface area contributed by atoms with Gasteiger partial charge in [-0.25, -0.2) is 18.6 Å². The van der Waals surface area contributed by atoms with Crippen LogP contribution in [0.2, 0.25) is 0 Å². The average Bonchev–Trinajstić information content (AvgIpc) is 2.35. The molecule has 1 amide bonds. The average molecular weight is 298 g/mol. The number of carbonyl (C=O) groups excluding carboxylic acids is 1. The highest BCUT2D eigenvalue weighted by molar-refractivity contribution is 7.89. The van der Waals surface area contributed by atoms with E-state index in [1.807, 2.05) is 0 Å². The van der Waals surface area contributed by atoms with Crippen LogP contribution in [0.15, 0.2) is 29.2 Å². The van der Waals surface area contributed by atoms with Gasteiger partial charge in [-0.3, -0.25) is 0 Å². The zero-order valence-electron chi connectivity index (χ0n) is 9.48. The van der Waals surface area contributed by atoms with E-state index in [2.05, 4.69) is 4.74 Å². The van der Waals surface area contributed by atoms with E-state index in [9.17, 15) is 26.4 Å². The molecule has 0 radical (unpaired) electrons. The Hall–Kier alpha value is -1.81. The molecule has 0 aliphatic rings. The van der Waals surface area contributed by atoms with E-state index < -0.39 is 32.8 Å². The van der Waals surface area contributed by atoms with Crippen LogP contribution in [0, 0.1) is 0 Å². The number of ether oxygens (including phenoxy) is 1. The molecule has 1 aromatic carbocycles. The van der Waals surface area contributed by atoms with E-state index >= 15 is 0 Å². The van der Waals surface area contributed by atoms with E-state index in [0.29, 0.717) is 6.07 Å². The zero-order valence-corrected chi connectivity index (χ0v) is 10.3. The first-order valence-corrected chi connectivity index (χ1v) is 6.19. The lowest BCUT2D eigenvalue weighted by molar-refractivity contribution is -0.139. The number of hydrogen-bond donors (Lipinski definition) is 2. The van der Waals surface area contributed by atoms with Gasteiger partial charge in [0.2, 0.25) is 0 Å². The number of rotatable bonds is 3. The molecular formula is C9H9F3N2O4S. The van der Waals surface area contributed by atoms with Crippen molar-refractivity contribution in [1.29, 1.82) is 0 Å². The maximum Gasteiger partial charge on any atom is 0.422 e. The SMILES string of the molecule is COC(=O)NNS(=O)(=O)c1ccccc1C(F)(F)F. The van der Waals surface area contributed by atoms with Crippen LogP contribution in [0.3, 0.4) is 0 Å². The normalized spacial score (nSPS) is 12.0. The predicted octanol–water partition coefficient (Wildman–Crippen LogP) is 1.25. The van der Waals surface area contributed by atoms with Crippen LogP contribution in [0.4, 0.5) is 18.0 Å². The minimum absolute atomic E-state index is 0.618. The largest absolute Gasteiger partial charge is 0.452 e. The quantitative estimate of drug-likeness (QED) is 0.823. The number of nitrogens with one attached hydrogen (secondary N) is 2. The molecule has 19 heavy (non-hydrogen) atoms. The van der Waals surface area contributed by atoms with E-state index in [1.165, 1.54) is 4.83 Å². The molecule has 0 saturated heterocycles. The highest BCUT2D eigenvalue weighted by atomic mass is 32.2. The first kappa shape index (κ1) is 15.2. The second-order valence-electron chi connectivity index (χ2n) is 3.22. The smallest absolute Gasteiger partial charge is 0.422 e. The van der Waals surface area contributed by atoms with Crippen molar-refractivity contribution in [2.45, 2.75) is 11.1 Å². The Morgan fingerprint density at radius 3 is 2.37 bits per heavy atom. The molecule has 0 bridgehead atoms. The van der Waals surface area contributed by atoms with Gasteiger partial charge in [-0.2, -0.15) is 13.2 Å². The van der Waals surface area contributed by atoms with Gasteiger partial charge in [0.15, 0.2) is 0 Å². The topological polar surface area (TPSA) is 84.5 Å². The number of hydrazine groups is 1. The first-order chi connectivity index (χ1) is 8.68. The van der Waals surface area contributed by atoms with Crippen LogP contribution in [0.1, 0.15) is 5.56 Å². The fourth-order valence-electron chi connectivity index (χ4n) is 1.15. The maximum absolute atomic E-state index is 12.6. The summed E-state index contributed by atoms with van der Waals surface area (Å²) < 4.78 is 65.3. The summed E-state index contributed by atoms with van der Waals surface area (Å²) >= 11 is 0. The lowest BCUT2D eigenvalue weighted by atomic mass is 10.2. The van der Waals surface area contributed by atoms with E-state index in [4.69, 9.17) is 0 Å².